The molecule has 3 aromatic rings. The Morgan fingerprint density at radius 3 is 2.96 bits per heavy atom. The van der Waals surface area contributed by atoms with Gasteiger partial charge in [0.15, 0.2) is 0 Å². The van der Waals surface area contributed by atoms with Crippen molar-refractivity contribution < 1.29 is 19.4 Å². The van der Waals surface area contributed by atoms with Crippen molar-refractivity contribution >= 4 is 39.2 Å². The van der Waals surface area contributed by atoms with Gasteiger partial charge in [-0.2, -0.15) is 0 Å². The number of ether oxygens (including phenoxy) is 2. The van der Waals surface area contributed by atoms with Gasteiger partial charge in [0, 0.05) is 17.5 Å². The lowest BCUT2D eigenvalue weighted by Crippen LogP contribution is -2.05. The van der Waals surface area contributed by atoms with Crippen LogP contribution in [0.1, 0.15) is 29.5 Å². The Hall–Kier alpha value is -2.86. The van der Waals surface area contributed by atoms with Gasteiger partial charge in [-0.15, -0.1) is 11.3 Å². The third-order valence-electron chi connectivity index (χ3n) is 4.49. The van der Waals surface area contributed by atoms with Gasteiger partial charge in [0.25, 0.3) is 0 Å². The first-order valence-corrected chi connectivity index (χ1v) is 9.51. The normalized spacial score (nSPS) is 16.2. The van der Waals surface area contributed by atoms with Crippen molar-refractivity contribution in [2.45, 2.75) is 25.9 Å². The summed E-state index contributed by atoms with van der Waals surface area (Å²) in [6, 6.07) is 11.7. The molecule has 138 valence electrons. The standard InChI is InChI=1S/C21H19NO4S/c1-12-7-13-9-17(25-2)14(10-18(13)26-12)8-15(11-20(23)24)21-22-16-5-3-4-6-19(16)27-21/h3-6,8-10,12H,7,11H2,1-2H3,(H,23,24). The van der Waals surface area contributed by atoms with Crippen LogP contribution in [0.5, 0.6) is 11.5 Å². The lowest BCUT2D eigenvalue weighted by molar-refractivity contribution is -0.135. The number of carboxylic acids is 1. The van der Waals surface area contributed by atoms with Crippen molar-refractivity contribution in [2.75, 3.05) is 7.11 Å². The van der Waals surface area contributed by atoms with Gasteiger partial charge in [-0.3, -0.25) is 4.79 Å². The fourth-order valence-corrected chi connectivity index (χ4v) is 4.27. The van der Waals surface area contributed by atoms with Crippen LogP contribution in [0.15, 0.2) is 36.4 Å². The van der Waals surface area contributed by atoms with Crippen molar-refractivity contribution in [3.8, 4) is 11.5 Å². The number of hydrogen-bond acceptors (Lipinski definition) is 5. The monoisotopic (exact) mass is 381 g/mol. The Morgan fingerprint density at radius 1 is 1.41 bits per heavy atom. The predicted molar refractivity (Wildman–Crippen MR) is 107 cm³/mol. The number of hydrogen-bond donors (Lipinski definition) is 1. The molecule has 27 heavy (non-hydrogen) atoms. The zero-order valence-electron chi connectivity index (χ0n) is 15.1. The van der Waals surface area contributed by atoms with E-state index in [-0.39, 0.29) is 12.5 Å². The number of aromatic nitrogens is 1. The molecule has 0 bridgehead atoms. The van der Waals surface area contributed by atoms with Crippen molar-refractivity contribution in [2.24, 2.45) is 0 Å². The molecule has 6 heteroatoms. The SMILES string of the molecule is COc1cc2c(cc1C=C(CC(=O)O)c1nc3ccccc3s1)OC(C)C2. The third kappa shape index (κ3) is 3.53. The van der Waals surface area contributed by atoms with E-state index in [0.29, 0.717) is 16.3 Å². The van der Waals surface area contributed by atoms with Gasteiger partial charge < -0.3 is 14.6 Å². The molecular formula is C21H19NO4S. The predicted octanol–water partition coefficient (Wildman–Crippen LogP) is 4.64. The number of aliphatic carboxylic acids is 1. The third-order valence-corrected chi connectivity index (χ3v) is 5.60. The highest BCUT2D eigenvalue weighted by Crippen LogP contribution is 2.38. The van der Waals surface area contributed by atoms with Crippen LogP contribution < -0.4 is 9.47 Å². The minimum absolute atomic E-state index is 0.114. The molecule has 0 fully saturated rings. The summed E-state index contributed by atoms with van der Waals surface area (Å²) in [7, 11) is 1.62. The number of nitrogens with zero attached hydrogens (tertiary/aromatic N) is 1. The molecule has 1 atom stereocenters. The number of methoxy groups -OCH3 is 1. The highest BCUT2D eigenvalue weighted by Gasteiger charge is 2.22. The molecule has 2 aromatic carbocycles. The minimum Gasteiger partial charge on any atom is -0.496 e. The zero-order chi connectivity index (χ0) is 19.0. The summed E-state index contributed by atoms with van der Waals surface area (Å²) >= 11 is 1.49. The molecule has 1 aromatic heterocycles. The van der Waals surface area contributed by atoms with Gasteiger partial charge in [-0.25, -0.2) is 4.98 Å². The van der Waals surface area contributed by atoms with Crippen LogP contribution in [0.4, 0.5) is 0 Å². The summed E-state index contributed by atoms with van der Waals surface area (Å²) in [4.78, 5) is 16.1. The summed E-state index contributed by atoms with van der Waals surface area (Å²) in [5.41, 5.74) is 3.41. The summed E-state index contributed by atoms with van der Waals surface area (Å²) in [6.07, 6.45) is 2.70. The molecule has 5 nitrogen and oxygen atoms in total. The number of para-hydroxylation sites is 1. The topological polar surface area (TPSA) is 68.7 Å². The van der Waals surface area contributed by atoms with Crippen molar-refractivity contribution in [1.29, 1.82) is 0 Å². The molecule has 0 saturated carbocycles. The van der Waals surface area contributed by atoms with E-state index in [1.54, 1.807) is 7.11 Å². The second-order valence-electron chi connectivity index (χ2n) is 6.56. The Kier molecular flexibility index (Phi) is 4.58. The summed E-state index contributed by atoms with van der Waals surface area (Å²) in [6.45, 7) is 2.03. The molecule has 1 unspecified atom stereocenters. The molecule has 1 N–H and O–H groups in total. The number of fused-ring (bicyclic) bond motifs is 2. The van der Waals surface area contributed by atoms with E-state index >= 15 is 0 Å². The first-order valence-electron chi connectivity index (χ1n) is 8.69. The number of rotatable bonds is 5. The van der Waals surface area contributed by atoms with E-state index in [2.05, 4.69) is 4.98 Å². The Balaban J connectivity index is 1.82. The van der Waals surface area contributed by atoms with Gasteiger partial charge in [-0.1, -0.05) is 12.1 Å². The maximum Gasteiger partial charge on any atom is 0.307 e. The fraction of sp³-hybridized carbons (Fsp3) is 0.238. The Morgan fingerprint density at radius 2 is 2.22 bits per heavy atom. The molecular weight excluding hydrogens is 362 g/mol. The van der Waals surface area contributed by atoms with E-state index in [4.69, 9.17) is 9.47 Å². The van der Waals surface area contributed by atoms with E-state index in [1.165, 1.54) is 11.3 Å². The van der Waals surface area contributed by atoms with E-state index in [1.807, 2.05) is 49.4 Å². The number of benzene rings is 2. The van der Waals surface area contributed by atoms with E-state index in [9.17, 15) is 9.90 Å². The highest BCUT2D eigenvalue weighted by atomic mass is 32.1. The van der Waals surface area contributed by atoms with E-state index in [0.717, 1.165) is 33.5 Å². The molecule has 1 aliphatic rings. The van der Waals surface area contributed by atoms with Crippen molar-refractivity contribution in [3.05, 3.63) is 52.5 Å². The first kappa shape index (κ1) is 17.5. The largest absolute Gasteiger partial charge is 0.496 e. The molecule has 0 amide bonds. The van der Waals surface area contributed by atoms with Gasteiger partial charge in [0.1, 0.15) is 22.6 Å². The molecule has 1 aliphatic heterocycles. The lowest BCUT2D eigenvalue weighted by Gasteiger charge is -2.10. The molecule has 2 heterocycles. The minimum atomic E-state index is -0.898. The Bertz CT molecular complexity index is 1020. The van der Waals surface area contributed by atoms with Crippen molar-refractivity contribution in [1.82, 2.24) is 4.98 Å². The fourth-order valence-electron chi connectivity index (χ4n) is 3.29. The summed E-state index contributed by atoms with van der Waals surface area (Å²) in [5.74, 6) is 0.634. The number of thiazole rings is 1. The molecule has 0 radical (unpaired) electrons. The second-order valence-corrected chi connectivity index (χ2v) is 7.59. The number of carboxylic acid groups (broad SMARTS) is 1. The van der Waals surface area contributed by atoms with E-state index < -0.39 is 5.97 Å². The van der Waals surface area contributed by atoms with Crippen LogP contribution in [-0.2, 0) is 11.2 Å². The summed E-state index contributed by atoms with van der Waals surface area (Å²) < 4.78 is 12.4. The second kappa shape index (κ2) is 7.04. The van der Waals surface area contributed by atoms with Crippen LogP contribution in [-0.4, -0.2) is 29.3 Å². The molecule has 0 aliphatic carbocycles. The molecule has 0 saturated heterocycles. The first-order chi connectivity index (χ1) is 13.0. The smallest absolute Gasteiger partial charge is 0.307 e. The van der Waals surface area contributed by atoms with Gasteiger partial charge >= 0.3 is 5.97 Å². The van der Waals surface area contributed by atoms with Crippen LogP contribution in [0, 0.1) is 0 Å². The maximum atomic E-state index is 11.5. The van der Waals surface area contributed by atoms with Crippen LogP contribution in [0.3, 0.4) is 0 Å². The number of carbonyl (C=O) groups is 1. The summed E-state index contributed by atoms with van der Waals surface area (Å²) in [5, 5.41) is 10.1. The van der Waals surface area contributed by atoms with Gasteiger partial charge in [-0.05, 0) is 42.8 Å². The molecule has 0 spiro atoms. The average molecular weight is 381 g/mol. The highest BCUT2D eigenvalue weighted by molar-refractivity contribution is 7.19. The maximum absolute atomic E-state index is 11.5. The van der Waals surface area contributed by atoms with Gasteiger partial charge in [0.2, 0.25) is 0 Å². The van der Waals surface area contributed by atoms with Gasteiger partial charge in [0.05, 0.1) is 23.7 Å². The zero-order valence-corrected chi connectivity index (χ0v) is 15.9. The quantitative estimate of drug-likeness (QED) is 0.697. The van der Waals surface area contributed by atoms with Crippen LogP contribution in [0.25, 0.3) is 21.9 Å². The lowest BCUT2D eigenvalue weighted by atomic mass is 10.0. The van der Waals surface area contributed by atoms with Crippen LogP contribution >= 0.6 is 11.3 Å². The van der Waals surface area contributed by atoms with Crippen LogP contribution in [0.2, 0.25) is 0 Å². The Labute approximate surface area is 160 Å². The molecule has 4 rings (SSSR count). The average Bonchev–Trinajstić information content (AvgIpc) is 3.21. The van der Waals surface area contributed by atoms with Crippen molar-refractivity contribution in [3.63, 3.8) is 0 Å².